The minimum Gasteiger partial charge on any atom is -0.416 e. The second-order valence-electron chi connectivity index (χ2n) is 15.4. The molecule has 0 radical (unpaired) electrons. The molecule has 0 aromatic heterocycles. The Hall–Kier alpha value is -0.479. The average molecular weight is 709 g/mol. The van der Waals surface area contributed by atoms with E-state index in [1.807, 2.05) is 0 Å². The standard InChI is InChI=1S/C28H64N2O7Si6/c1-19-21-25(29-27(31)23(3)4)42(33-38(7,8)9,34-39(10,11)12)37-43(35-40(13,14)15,36-41(16,17)18)26(22-20-2)30-28(32)24(5)6/h25-26H,3,5,19-22H2,1-2,4,6-18H3,(H,29,31)(H,30,32). The number of rotatable bonds is 20. The summed E-state index contributed by atoms with van der Waals surface area (Å²) in [6, 6.07) is 0. The Labute approximate surface area is 270 Å². The van der Waals surface area contributed by atoms with Crippen molar-refractivity contribution < 1.29 is 30.2 Å². The fourth-order valence-electron chi connectivity index (χ4n) is 4.27. The van der Waals surface area contributed by atoms with Gasteiger partial charge in [0.05, 0.1) is 11.3 Å². The van der Waals surface area contributed by atoms with Gasteiger partial charge in [-0.2, -0.15) is 0 Å². The van der Waals surface area contributed by atoms with E-state index in [-0.39, 0.29) is 11.8 Å². The number of hydrogen-bond acceptors (Lipinski definition) is 7. The van der Waals surface area contributed by atoms with Crippen LogP contribution in [0.1, 0.15) is 53.4 Å². The molecule has 2 atom stereocenters. The molecule has 0 rings (SSSR count). The van der Waals surface area contributed by atoms with Gasteiger partial charge in [-0.1, -0.05) is 39.8 Å². The summed E-state index contributed by atoms with van der Waals surface area (Å²) < 4.78 is 36.2. The van der Waals surface area contributed by atoms with Crippen LogP contribution in [-0.4, -0.2) is 74.0 Å². The summed E-state index contributed by atoms with van der Waals surface area (Å²) in [7, 11) is -17.4. The van der Waals surface area contributed by atoms with Crippen LogP contribution in [0.4, 0.5) is 0 Å². The fraction of sp³-hybridized carbons (Fsp3) is 0.786. The molecule has 0 spiro atoms. The summed E-state index contributed by atoms with van der Waals surface area (Å²) in [6.45, 7) is 40.5. The topological polar surface area (TPSA) is 104 Å². The zero-order chi connectivity index (χ0) is 34.2. The minimum absolute atomic E-state index is 0.275. The highest BCUT2D eigenvalue weighted by molar-refractivity contribution is 6.93. The highest BCUT2D eigenvalue weighted by Gasteiger charge is 2.65. The van der Waals surface area contributed by atoms with Crippen LogP contribution < -0.4 is 10.6 Å². The summed E-state index contributed by atoms with van der Waals surface area (Å²) in [5, 5.41) is 6.41. The third-order valence-electron chi connectivity index (χ3n) is 5.47. The number of amides is 2. The van der Waals surface area contributed by atoms with Gasteiger partial charge in [0.25, 0.3) is 0 Å². The molecule has 0 aromatic rings. The lowest BCUT2D eigenvalue weighted by Crippen LogP contribution is -2.78. The van der Waals surface area contributed by atoms with E-state index in [4.69, 9.17) is 20.6 Å². The van der Waals surface area contributed by atoms with Crippen molar-refractivity contribution in [3.05, 3.63) is 24.3 Å². The lowest BCUT2D eigenvalue weighted by atomic mass is 10.3. The molecule has 0 aliphatic carbocycles. The number of hydrogen-bond donors (Lipinski definition) is 2. The smallest absolute Gasteiger partial charge is 0.416 e. The van der Waals surface area contributed by atoms with Crippen LogP contribution in [0, 0.1) is 0 Å². The average Bonchev–Trinajstić information content (AvgIpc) is 2.73. The zero-order valence-electron chi connectivity index (χ0n) is 30.3. The summed E-state index contributed by atoms with van der Waals surface area (Å²) in [5.74, 6) is -0.551. The van der Waals surface area contributed by atoms with Crippen molar-refractivity contribution in [2.45, 2.75) is 143 Å². The maximum Gasteiger partial charge on any atom is 0.496 e. The van der Waals surface area contributed by atoms with Crippen LogP contribution in [0.2, 0.25) is 78.6 Å². The van der Waals surface area contributed by atoms with E-state index in [9.17, 15) is 9.59 Å². The van der Waals surface area contributed by atoms with E-state index in [0.29, 0.717) is 24.0 Å². The molecule has 252 valence electrons. The van der Waals surface area contributed by atoms with Crippen LogP contribution in [-0.2, 0) is 30.2 Å². The highest BCUT2D eigenvalue weighted by Crippen LogP contribution is 2.36. The van der Waals surface area contributed by atoms with E-state index in [1.165, 1.54) is 0 Å². The molecule has 2 N–H and O–H groups in total. The van der Waals surface area contributed by atoms with Crippen LogP contribution in [0.3, 0.4) is 0 Å². The van der Waals surface area contributed by atoms with Crippen LogP contribution >= 0.6 is 0 Å². The Kier molecular flexibility index (Phi) is 16.2. The van der Waals surface area contributed by atoms with Crippen molar-refractivity contribution in [1.82, 2.24) is 10.6 Å². The van der Waals surface area contributed by atoms with Gasteiger partial charge in [-0.3, -0.25) is 9.59 Å². The molecule has 15 heteroatoms. The monoisotopic (exact) mass is 708 g/mol. The van der Waals surface area contributed by atoms with Gasteiger partial charge in [0.1, 0.15) is 0 Å². The molecule has 0 fully saturated rings. The molecule has 0 aliphatic rings. The maximum absolute atomic E-state index is 13.2. The first-order valence-corrected chi connectivity index (χ1v) is 32.8. The second-order valence-corrected chi connectivity index (χ2v) is 40.1. The van der Waals surface area contributed by atoms with E-state index in [1.54, 1.807) is 13.8 Å². The number of carbonyl (C=O) groups is 2. The first-order valence-electron chi connectivity index (χ1n) is 15.5. The predicted molar refractivity (Wildman–Crippen MR) is 194 cm³/mol. The van der Waals surface area contributed by atoms with Crippen molar-refractivity contribution in [3.63, 3.8) is 0 Å². The van der Waals surface area contributed by atoms with Gasteiger partial charge in [0, 0.05) is 11.1 Å². The molecule has 43 heavy (non-hydrogen) atoms. The van der Waals surface area contributed by atoms with Crippen LogP contribution in [0.5, 0.6) is 0 Å². The Bertz CT molecular complexity index is 861. The van der Waals surface area contributed by atoms with E-state index in [2.05, 4.69) is 116 Å². The van der Waals surface area contributed by atoms with Gasteiger partial charge in [0.2, 0.25) is 11.8 Å². The summed E-state index contributed by atoms with van der Waals surface area (Å²) in [5.41, 5.74) is -0.353. The van der Waals surface area contributed by atoms with Gasteiger partial charge >= 0.3 is 17.6 Å². The summed E-state index contributed by atoms with van der Waals surface area (Å²) in [6.07, 6.45) is 2.65. The largest absolute Gasteiger partial charge is 0.496 e. The van der Waals surface area contributed by atoms with E-state index >= 15 is 0 Å². The molecule has 2 amide bonds. The lowest BCUT2D eigenvalue weighted by molar-refractivity contribution is -0.118. The van der Waals surface area contributed by atoms with Gasteiger partial charge < -0.3 is 31.2 Å². The van der Waals surface area contributed by atoms with Gasteiger partial charge in [-0.25, -0.2) is 0 Å². The van der Waals surface area contributed by atoms with Crippen LogP contribution in [0.15, 0.2) is 24.3 Å². The zero-order valence-corrected chi connectivity index (χ0v) is 36.3. The van der Waals surface area contributed by atoms with Crippen molar-refractivity contribution in [3.8, 4) is 0 Å². The molecule has 0 aromatic carbocycles. The molecule has 2 unspecified atom stereocenters. The van der Waals surface area contributed by atoms with Crippen molar-refractivity contribution in [2.75, 3.05) is 0 Å². The SMILES string of the molecule is C=C(C)C(=O)NC(CCC)[Si](O[Si](C)(C)C)(O[Si](C)(C)C)O[Si](O[Si](C)(C)C)(O[Si](C)(C)C)C(CCC)NC(=O)C(=C)C. The molecular weight excluding hydrogens is 645 g/mol. The minimum atomic E-state index is -3.90. The van der Waals surface area contributed by atoms with Crippen molar-refractivity contribution in [2.24, 2.45) is 0 Å². The Morgan fingerprint density at radius 2 is 0.767 bits per heavy atom. The molecule has 0 aliphatic heterocycles. The van der Waals surface area contributed by atoms with E-state index < -0.39 is 62.2 Å². The van der Waals surface area contributed by atoms with Crippen molar-refractivity contribution >= 4 is 62.7 Å². The molecular formula is C28H64N2O7Si6. The first-order chi connectivity index (χ1) is 19.1. The van der Waals surface area contributed by atoms with Crippen LogP contribution in [0.25, 0.3) is 0 Å². The first kappa shape index (κ1) is 42.5. The van der Waals surface area contributed by atoms with Gasteiger partial charge in [-0.05, 0) is 105 Å². The number of carbonyl (C=O) groups excluding carboxylic acids is 2. The van der Waals surface area contributed by atoms with Crippen molar-refractivity contribution in [1.29, 1.82) is 0 Å². The van der Waals surface area contributed by atoms with Gasteiger partial charge in [-0.15, -0.1) is 0 Å². The molecule has 0 heterocycles. The highest BCUT2D eigenvalue weighted by atomic mass is 28.5. The molecule has 9 nitrogen and oxygen atoms in total. The van der Waals surface area contributed by atoms with E-state index in [0.717, 1.165) is 12.8 Å². The fourth-order valence-corrected chi connectivity index (χ4v) is 28.1. The lowest BCUT2D eigenvalue weighted by Gasteiger charge is -2.51. The summed E-state index contributed by atoms with van der Waals surface area (Å²) >= 11 is 0. The number of nitrogens with one attached hydrogen (secondary N) is 2. The Morgan fingerprint density at radius 3 is 0.930 bits per heavy atom. The van der Waals surface area contributed by atoms with Gasteiger partial charge in [0.15, 0.2) is 33.3 Å². The molecule has 0 saturated carbocycles. The Balaban J connectivity index is 8.06. The third kappa shape index (κ3) is 16.1. The normalized spacial score (nSPS) is 15.1. The third-order valence-corrected chi connectivity index (χ3v) is 24.7. The molecule has 0 bridgehead atoms. The predicted octanol–water partition coefficient (Wildman–Crippen LogP) is 7.09. The molecule has 0 saturated heterocycles. The Morgan fingerprint density at radius 1 is 0.535 bits per heavy atom. The maximum atomic E-state index is 13.2. The second kappa shape index (κ2) is 16.4. The quantitative estimate of drug-likeness (QED) is 0.103. The summed E-state index contributed by atoms with van der Waals surface area (Å²) in [4.78, 5) is 26.5.